The second-order valence-electron chi connectivity index (χ2n) is 5.70. The molecule has 23 heavy (non-hydrogen) atoms. The smallest absolute Gasteiger partial charge is 0.234 e. The normalized spacial score (nSPS) is 20.7. The molecule has 0 saturated carbocycles. The first-order valence-electron chi connectivity index (χ1n) is 7.49. The van der Waals surface area contributed by atoms with Crippen molar-refractivity contribution >= 4 is 11.7 Å². The Morgan fingerprint density at radius 3 is 2.96 bits per heavy atom. The molecule has 1 aliphatic heterocycles. The van der Waals surface area contributed by atoms with Crippen LogP contribution in [0, 0.1) is 18.7 Å². The van der Waals surface area contributed by atoms with Crippen LogP contribution >= 0.6 is 0 Å². The van der Waals surface area contributed by atoms with Gasteiger partial charge in [0.1, 0.15) is 0 Å². The molecule has 1 aliphatic rings. The zero-order valence-corrected chi connectivity index (χ0v) is 13.4. The van der Waals surface area contributed by atoms with Gasteiger partial charge in [-0.25, -0.2) is 9.37 Å². The van der Waals surface area contributed by atoms with Gasteiger partial charge in [0, 0.05) is 38.2 Å². The maximum absolute atomic E-state index is 13.9. The fourth-order valence-electron chi connectivity index (χ4n) is 2.92. The molecule has 0 unspecified atom stereocenters. The van der Waals surface area contributed by atoms with Crippen molar-refractivity contribution in [3.05, 3.63) is 41.6 Å². The molecule has 122 valence electrons. The van der Waals surface area contributed by atoms with E-state index >= 15 is 0 Å². The number of aromatic nitrogens is 3. The number of carbonyl (C=O) groups is 1. The Bertz CT molecular complexity index is 731. The molecule has 0 aliphatic carbocycles. The number of amides is 1. The SMILES string of the molecule is Cc1c([C@H]2OCC[C@@H]2C(=O)N(C)c2ncccc2F)cnn1C. The van der Waals surface area contributed by atoms with Crippen LogP contribution < -0.4 is 4.90 Å². The highest BCUT2D eigenvalue weighted by Gasteiger charge is 2.39. The third kappa shape index (κ3) is 2.72. The van der Waals surface area contributed by atoms with Gasteiger partial charge in [-0.1, -0.05) is 0 Å². The fourth-order valence-corrected chi connectivity index (χ4v) is 2.92. The van der Waals surface area contributed by atoms with E-state index in [1.165, 1.54) is 23.2 Å². The second kappa shape index (κ2) is 6.08. The van der Waals surface area contributed by atoms with E-state index in [0.29, 0.717) is 13.0 Å². The first-order chi connectivity index (χ1) is 11.0. The minimum atomic E-state index is -0.517. The lowest BCUT2D eigenvalue weighted by molar-refractivity contribution is -0.123. The van der Waals surface area contributed by atoms with Crippen molar-refractivity contribution in [3.8, 4) is 0 Å². The lowest BCUT2D eigenvalue weighted by Gasteiger charge is -2.23. The molecule has 2 aromatic heterocycles. The maximum atomic E-state index is 13.9. The van der Waals surface area contributed by atoms with Crippen molar-refractivity contribution in [2.24, 2.45) is 13.0 Å². The van der Waals surface area contributed by atoms with E-state index in [4.69, 9.17) is 4.74 Å². The van der Waals surface area contributed by atoms with E-state index < -0.39 is 5.82 Å². The van der Waals surface area contributed by atoms with Crippen LogP contribution in [0.4, 0.5) is 10.2 Å². The van der Waals surface area contributed by atoms with Gasteiger partial charge >= 0.3 is 0 Å². The van der Waals surface area contributed by atoms with E-state index in [0.717, 1.165) is 11.3 Å². The number of ether oxygens (including phenoxy) is 1. The number of rotatable bonds is 3. The second-order valence-corrected chi connectivity index (χ2v) is 5.70. The summed E-state index contributed by atoms with van der Waals surface area (Å²) in [5.74, 6) is -1.06. The van der Waals surface area contributed by atoms with E-state index in [-0.39, 0.29) is 23.7 Å². The molecule has 0 radical (unpaired) electrons. The third-order valence-corrected chi connectivity index (χ3v) is 4.38. The quantitative estimate of drug-likeness (QED) is 0.868. The zero-order valence-electron chi connectivity index (χ0n) is 13.4. The molecule has 1 fully saturated rings. The van der Waals surface area contributed by atoms with Crippen molar-refractivity contribution in [3.63, 3.8) is 0 Å². The van der Waals surface area contributed by atoms with E-state index in [9.17, 15) is 9.18 Å². The van der Waals surface area contributed by atoms with Gasteiger partial charge in [-0.2, -0.15) is 5.10 Å². The Morgan fingerprint density at radius 2 is 2.30 bits per heavy atom. The summed E-state index contributed by atoms with van der Waals surface area (Å²) >= 11 is 0. The first kappa shape index (κ1) is 15.6. The summed E-state index contributed by atoms with van der Waals surface area (Å²) in [6.45, 7) is 2.43. The highest BCUT2D eigenvalue weighted by atomic mass is 19.1. The molecule has 2 atom stereocenters. The predicted molar refractivity (Wildman–Crippen MR) is 82.4 cm³/mol. The largest absolute Gasteiger partial charge is 0.373 e. The summed E-state index contributed by atoms with van der Waals surface area (Å²) in [5, 5.41) is 4.21. The van der Waals surface area contributed by atoms with Crippen LogP contribution in [0.5, 0.6) is 0 Å². The Kier molecular flexibility index (Phi) is 4.12. The number of hydrogen-bond acceptors (Lipinski definition) is 4. The minimum absolute atomic E-state index is 0.0334. The molecule has 0 spiro atoms. The summed E-state index contributed by atoms with van der Waals surface area (Å²) < 4.78 is 21.4. The Balaban J connectivity index is 1.86. The molecule has 1 amide bonds. The monoisotopic (exact) mass is 318 g/mol. The number of pyridine rings is 1. The summed E-state index contributed by atoms with van der Waals surface area (Å²) in [4.78, 5) is 18.0. The van der Waals surface area contributed by atoms with Crippen molar-refractivity contribution in [2.45, 2.75) is 19.4 Å². The van der Waals surface area contributed by atoms with E-state index in [1.54, 1.807) is 17.9 Å². The summed E-state index contributed by atoms with van der Waals surface area (Å²) in [6.07, 6.45) is 3.44. The number of halogens is 1. The van der Waals surface area contributed by atoms with E-state index in [2.05, 4.69) is 10.1 Å². The first-order valence-corrected chi connectivity index (χ1v) is 7.49. The Labute approximate surface area is 133 Å². The highest BCUT2D eigenvalue weighted by Crippen LogP contribution is 2.37. The number of carbonyl (C=O) groups excluding carboxylic acids is 1. The number of hydrogen-bond donors (Lipinski definition) is 0. The molecule has 2 aromatic rings. The van der Waals surface area contributed by atoms with Gasteiger partial charge in [-0.15, -0.1) is 0 Å². The molecule has 7 heteroatoms. The number of aryl methyl sites for hydroxylation is 1. The van der Waals surface area contributed by atoms with Gasteiger partial charge in [0.15, 0.2) is 11.6 Å². The number of nitrogens with zero attached hydrogens (tertiary/aromatic N) is 4. The van der Waals surface area contributed by atoms with Crippen LogP contribution in [0.1, 0.15) is 23.8 Å². The predicted octanol–water partition coefficient (Wildman–Crippen LogP) is 2.00. The lowest BCUT2D eigenvalue weighted by Crippen LogP contribution is -2.35. The summed E-state index contributed by atoms with van der Waals surface area (Å²) in [7, 11) is 3.39. The van der Waals surface area contributed by atoms with Crippen LogP contribution in [0.15, 0.2) is 24.5 Å². The van der Waals surface area contributed by atoms with Crippen molar-refractivity contribution in [1.29, 1.82) is 0 Å². The van der Waals surface area contributed by atoms with E-state index in [1.807, 2.05) is 14.0 Å². The molecule has 1 saturated heterocycles. The zero-order chi connectivity index (χ0) is 16.6. The van der Waals surface area contributed by atoms with Gasteiger partial charge in [0.25, 0.3) is 0 Å². The van der Waals surface area contributed by atoms with Crippen molar-refractivity contribution < 1.29 is 13.9 Å². The highest BCUT2D eigenvalue weighted by molar-refractivity contribution is 5.94. The summed E-state index contributed by atoms with van der Waals surface area (Å²) in [5.41, 5.74) is 1.86. The number of anilines is 1. The van der Waals surface area contributed by atoms with Gasteiger partial charge in [-0.3, -0.25) is 14.4 Å². The third-order valence-electron chi connectivity index (χ3n) is 4.38. The lowest BCUT2D eigenvalue weighted by atomic mass is 9.94. The van der Waals surface area contributed by atoms with Crippen LogP contribution in [-0.4, -0.2) is 34.3 Å². The van der Waals surface area contributed by atoms with Gasteiger partial charge in [0.05, 0.1) is 18.2 Å². The molecule has 3 rings (SSSR count). The van der Waals surface area contributed by atoms with Crippen LogP contribution in [-0.2, 0) is 16.6 Å². The van der Waals surface area contributed by atoms with Crippen LogP contribution in [0.2, 0.25) is 0 Å². The van der Waals surface area contributed by atoms with Gasteiger partial charge in [0.2, 0.25) is 5.91 Å². The van der Waals surface area contributed by atoms with Crippen LogP contribution in [0.25, 0.3) is 0 Å². The molecule has 0 N–H and O–H groups in total. The standard InChI is InChI=1S/C16H19FN4O2/c1-10-12(9-19-21(10)3)14-11(6-8-23-14)16(22)20(2)15-13(17)5-4-7-18-15/h4-5,7,9,11,14H,6,8H2,1-3H3/t11-,14-/m0/s1. The molecular weight excluding hydrogens is 299 g/mol. The molecule has 0 aromatic carbocycles. The topological polar surface area (TPSA) is 60.2 Å². The molecule has 0 bridgehead atoms. The molecule has 3 heterocycles. The maximum Gasteiger partial charge on any atom is 0.234 e. The average Bonchev–Trinajstić information content (AvgIpc) is 3.14. The Hall–Kier alpha value is -2.28. The summed E-state index contributed by atoms with van der Waals surface area (Å²) in [6, 6.07) is 2.79. The molecule has 6 nitrogen and oxygen atoms in total. The fraction of sp³-hybridized carbons (Fsp3) is 0.438. The van der Waals surface area contributed by atoms with Crippen molar-refractivity contribution in [2.75, 3.05) is 18.6 Å². The van der Waals surface area contributed by atoms with Gasteiger partial charge in [-0.05, 0) is 25.5 Å². The average molecular weight is 318 g/mol. The van der Waals surface area contributed by atoms with Crippen molar-refractivity contribution in [1.82, 2.24) is 14.8 Å². The minimum Gasteiger partial charge on any atom is -0.373 e. The molecular formula is C16H19FN4O2. The Morgan fingerprint density at radius 1 is 1.52 bits per heavy atom. The van der Waals surface area contributed by atoms with Gasteiger partial charge < -0.3 is 4.74 Å². The van der Waals surface area contributed by atoms with Crippen LogP contribution in [0.3, 0.4) is 0 Å².